The molecule has 1 aliphatic carbocycles. The van der Waals surface area contributed by atoms with Gasteiger partial charge >= 0.3 is 0 Å². The summed E-state index contributed by atoms with van der Waals surface area (Å²) in [6.07, 6.45) is 6.95. The first kappa shape index (κ1) is 14.4. The lowest BCUT2D eigenvalue weighted by molar-refractivity contribution is 0.208. The molecule has 0 bridgehead atoms. The summed E-state index contributed by atoms with van der Waals surface area (Å²) in [7, 11) is 0. The highest BCUT2D eigenvalue weighted by atomic mass is 16.5. The fourth-order valence-electron chi connectivity index (χ4n) is 2.34. The molecule has 2 rings (SSSR count). The van der Waals surface area contributed by atoms with Gasteiger partial charge < -0.3 is 15.8 Å². The van der Waals surface area contributed by atoms with Gasteiger partial charge in [0.2, 0.25) is 0 Å². The number of aliphatic imine (C=N–C) groups is 1. The van der Waals surface area contributed by atoms with E-state index in [-0.39, 0.29) is 0 Å². The molecule has 0 radical (unpaired) electrons. The van der Waals surface area contributed by atoms with E-state index in [2.05, 4.69) is 16.9 Å². The minimum Gasteiger partial charge on any atom is -0.490 e. The van der Waals surface area contributed by atoms with Gasteiger partial charge in [0.1, 0.15) is 5.75 Å². The Balaban J connectivity index is 1.97. The smallest absolute Gasteiger partial charge is 0.189 e. The molecule has 0 saturated heterocycles. The molecule has 108 valence electrons. The van der Waals surface area contributed by atoms with E-state index < -0.39 is 0 Å². The Morgan fingerprint density at radius 3 is 2.90 bits per heavy atom. The fraction of sp³-hybridized carbons (Fsp3) is 0.438. The van der Waals surface area contributed by atoms with Crippen molar-refractivity contribution in [1.29, 1.82) is 0 Å². The van der Waals surface area contributed by atoms with Crippen molar-refractivity contribution in [1.82, 2.24) is 5.32 Å². The third kappa shape index (κ3) is 4.30. The van der Waals surface area contributed by atoms with Crippen LogP contribution in [0.5, 0.6) is 5.75 Å². The maximum atomic E-state index is 6.07. The molecule has 0 amide bonds. The molecule has 1 aliphatic rings. The van der Waals surface area contributed by atoms with Crippen LogP contribution in [0, 0.1) is 0 Å². The van der Waals surface area contributed by atoms with Crippen molar-refractivity contribution in [3.05, 3.63) is 42.5 Å². The average molecular weight is 273 g/mol. The highest BCUT2D eigenvalue weighted by Gasteiger charge is 2.17. The minimum atomic E-state index is 0.358. The van der Waals surface area contributed by atoms with Crippen molar-refractivity contribution in [3.63, 3.8) is 0 Å². The van der Waals surface area contributed by atoms with E-state index >= 15 is 0 Å². The number of nitrogens with zero attached hydrogens (tertiary/aromatic N) is 1. The number of benzene rings is 1. The number of rotatable bonds is 6. The van der Waals surface area contributed by atoms with E-state index in [1.165, 1.54) is 12.8 Å². The second-order valence-corrected chi connectivity index (χ2v) is 5.00. The summed E-state index contributed by atoms with van der Waals surface area (Å²) in [6, 6.07) is 8.04. The first-order valence-corrected chi connectivity index (χ1v) is 7.19. The molecule has 4 nitrogen and oxygen atoms in total. The lowest BCUT2D eigenvalue weighted by Crippen LogP contribution is -2.31. The normalized spacial score (nSPS) is 16.1. The van der Waals surface area contributed by atoms with Crippen LogP contribution in [0.3, 0.4) is 0 Å². The molecule has 0 atom stereocenters. The third-order valence-corrected chi connectivity index (χ3v) is 3.42. The second kappa shape index (κ2) is 7.58. The Morgan fingerprint density at radius 1 is 1.40 bits per heavy atom. The Labute approximate surface area is 120 Å². The number of nitrogens with one attached hydrogen (secondary N) is 1. The molecule has 1 aromatic carbocycles. The number of ether oxygens (including phenoxy) is 1. The Morgan fingerprint density at radius 2 is 2.15 bits per heavy atom. The molecule has 0 heterocycles. The number of nitrogens with two attached hydrogens (primary N) is 1. The molecule has 0 spiro atoms. The summed E-state index contributed by atoms with van der Waals surface area (Å²) in [6.45, 7) is 4.78. The van der Waals surface area contributed by atoms with Crippen LogP contribution in [-0.4, -0.2) is 18.6 Å². The summed E-state index contributed by atoms with van der Waals surface area (Å²) in [4.78, 5) is 4.32. The first-order chi connectivity index (χ1) is 9.79. The zero-order chi connectivity index (χ0) is 14.2. The molecular formula is C16H23N3O. The Kier molecular flexibility index (Phi) is 5.47. The van der Waals surface area contributed by atoms with Gasteiger partial charge in [0.15, 0.2) is 5.96 Å². The predicted molar refractivity (Wildman–Crippen MR) is 82.9 cm³/mol. The third-order valence-electron chi connectivity index (χ3n) is 3.42. The predicted octanol–water partition coefficient (Wildman–Crippen LogP) is 2.60. The van der Waals surface area contributed by atoms with Crippen LogP contribution < -0.4 is 15.8 Å². The molecule has 0 unspecified atom stereocenters. The summed E-state index contributed by atoms with van der Waals surface area (Å²) in [5.74, 6) is 1.36. The van der Waals surface area contributed by atoms with Gasteiger partial charge in [0.25, 0.3) is 0 Å². The van der Waals surface area contributed by atoms with Crippen LogP contribution in [0.2, 0.25) is 0 Å². The summed E-state index contributed by atoms with van der Waals surface area (Å²) in [5.41, 5.74) is 6.84. The van der Waals surface area contributed by atoms with Gasteiger partial charge in [-0.2, -0.15) is 0 Å². The number of guanidine groups is 1. The lowest BCUT2D eigenvalue weighted by Gasteiger charge is -2.15. The van der Waals surface area contributed by atoms with Crippen molar-refractivity contribution in [2.45, 2.75) is 38.3 Å². The summed E-state index contributed by atoms with van der Waals surface area (Å²) < 4.78 is 6.07. The van der Waals surface area contributed by atoms with Crippen LogP contribution in [-0.2, 0) is 6.54 Å². The lowest BCUT2D eigenvalue weighted by atomic mass is 10.2. The van der Waals surface area contributed by atoms with Gasteiger partial charge in [-0.1, -0.05) is 24.3 Å². The zero-order valence-corrected chi connectivity index (χ0v) is 11.8. The summed E-state index contributed by atoms with van der Waals surface area (Å²) in [5, 5.41) is 2.96. The van der Waals surface area contributed by atoms with Gasteiger partial charge in [-0.15, -0.1) is 6.58 Å². The zero-order valence-electron chi connectivity index (χ0n) is 11.8. The van der Waals surface area contributed by atoms with Crippen molar-refractivity contribution < 1.29 is 4.74 Å². The van der Waals surface area contributed by atoms with Crippen LogP contribution in [0.1, 0.15) is 31.2 Å². The molecule has 0 aliphatic heterocycles. The van der Waals surface area contributed by atoms with E-state index in [1.807, 2.05) is 24.3 Å². The SMILES string of the molecule is C=CCNC(N)=NCc1ccccc1OC1CCCC1. The highest BCUT2D eigenvalue weighted by molar-refractivity contribution is 5.77. The highest BCUT2D eigenvalue weighted by Crippen LogP contribution is 2.26. The van der Waals surface area contributed by atoms with Crippen LogP contribution in [0.4, 0.5) is 0 Å². The number of hydrogen-bond acceptors (Lipinski definition) is 2. The van der Waals surface area contributed by atoms with E-state index in [9.17, 15) is 0 Å². The maximum absolute atomic E-state index is 6.07. The van der Waals surface area contributed by atoms with E-state index in [4.69, 9.17) is 10.5 Å². The van der Waals surface area contributed by atoms with E-state index in [1.54, 1.807) is 6.08 Å². The van der Waals surface area contributed by atoms with Gasteiger partial charge in [0, 0.05) is 12.1 Å². The van der Waals surface area contributed by atoms with Crippen molar-refractivity contribution in [2.24, 2.45) is 10.7 Å². The molecule has 20 heavy (non-hydrogen) atoms. The maximum Gasteiger partial charge on any atom is 0.189 e. The van der Waals surface area contributed by atoms with Gasteiger partial charge in [-0.3, -0.25) is 0 Å². The molecule has 1 aromatic rings. The van der Waals surface area contributed by atoms with Crippen LogP contribution in [0.25, 0.3) is 0 Å². The van der Waals surface area contributed by atoms with Crippen LogP contribution >= 0.6 is 0 Å². The Bertz CT molecular complexity index is 465. The minimum absolute atomic E-state index is 0.358. The molecule has 4 heteroatoms. The molecule has 3 N–H and O–H groups in total. The van der Waals surface area contributed by atoms with Crippen molar-refractivity contribution >= 4 is 5.96 Å². The fourth-order valence-corrected chi connectivity index (χ4v) is 2.34. The van der Waals surface area contributed by atoms with E-state index in [0.717, 1.165) is 24.2 Å². The van der Waals surface area contributed by atoms with Gasteiger partial charge in [0.05, 0.1) is 12.6 Å². The van der Waals surface area contributed by atoms with Crippen molar-refractivity contribution in [3.8, 4) is 5.75 Å². The number of para-hydroxylation sites is 1. The molecule has 0 aromatic heterocycles. The van der Waals surface area contributed by atoms with Gasteiger partial charge in [-0.05, 0) is 31.7 Å². The monoisotopic (exact) mass is 273 g/mol. The molecule has 1 fully saturated rings. The number of hydrogen-bond donors (Lipinski definition) is 2. The first-order valence-electron chi connectivity index (χ1n) is 7.19. The largest absolute Gasteiger partial charge is 0.490 e. The standard InChI is InChI=1S/C16H23N3O/c1-2-11-18-16(17)19-12-13-7-3-6-10-15(13)20-14-8-4-5-9-14/h2-3,6-7,10,14H,1,4-5,8-9,11-12H2,(H3,17,18,19). The topological polar surface area (TPSA) is 59.6 Å². The Hall–Kier alpha value is -1.97. The van der Waals surface area contributed by atoms with Gasteiger partial charge in [-0.25, -0.2) is 4.99 Å². The van der Waals surface area contributed by atoms with E-state index in [0.29, 0.717) is 25.2 Å². The van der Waals surface area contributed by atoms with Crippen LogP contribution in [0.15, 0.2) is 41.9 Å². The summed E-state index contributed by atoms with van der Waals surface area (Å²) >= 11 is 0. The molecular weight excluding hydrogens is 250 g/mol. The van der Waals surface area contributed by atoms with Crippen molar-refractivity contribution in [2.75, 3.05) is 6.54 Å². The second-order valence-electron chi connectivity index (χ2n) is 5.00. The molecule has 1 saturated carbocycles. The average Bonchev–Trinajstić information content (AvgIpc) is 2.97. The quantitative estimate of drug-likeness (QED) is 0.476.